The molecule has 1 saturated heterocycles. The van der Waals surface area contributed by atoms with Gasteiger partial charge in [-0.2, -0.15) is 0 Å². The van der Waals surface area contributed by atoms with Crippen LogP contribution in [-0.2, 0) is 0 Å². The molecule has 1 aromatic carbocycles. The maximum Gasteiger partial charge on any atom is 0.255 e. The summed E-state index contributed by atoms with van der Waals surface area (Å²) in [4.78, 5) is 14.6. The van der Waals surface area contributed by atoms with E-state index in [4.69, 9.17) is 4.74 Å². The lowest BCUT2D eigenvalue weighted by atomic mass is 9.92. The number of carbonyl (C=O) groups excluding carboxylic acids is 1. The van der Waals surface area contributed by atoms with Crippen LogP contribution in [0.1, 0.15) is 43.0 Å². The standard InChI is InChI=1S/C16H22BrNO2/c1-3-4-12-7-9-18(10-8-12)16(19)14-11-13(20-2)5-6-15(14)17/h5-6,11-12H,3-4,7-10H2,1-2H3. The molecule has 1 heterocycles. The predicted molar refractivity (Wildman–Crippen MR) is 84.2 cm³/mol. The summed E-state index contributed by atoms with van der Waals surface area (Å²) in [5.74, 6) is 1.61. The van der Waals surface area contributed by atoms with Gasteiger partial charge in [0.2, 0.25) is 0 Å². The van der Waals surface area contributed by atoms with E-state index in [-0.39, 0.29) is 5.91 Å². The first-order chi connectivity index (χ1) is 9.65. The first-order valence-electron chi connectivity index (χ1n) is 7.28. The summed E-state index contributed by atoms with van der Waals surface area (Å²) in [7, 11) is 1.62. The number of nitrogens with zero attached hydrogens (tertiary/aromatic N) is 1. The number of hydrogen-bond acceptors (Lipinski definition) is 2. The van der Waals surface area contributed by atoms with Gasteiger partial charge in [-0.1, -0.05) is 19.8 Å². The molecule has 0 saturated carbocycles. The second kappa shape index (κ2) is 7.11. The first-order valence-corrected chi connectivity index (χ1v) is 8.07. The van der Waals surface area contributed by atoms with E-state index in [1.165, 1.54) is 12.8 Å². The zero-order valence-electron chi connectivity index (χ0n) is 12.2. The van der Waals surface area contributed by atoms with Crippen LogP contribution >= 0.6 is 15.9 Å². The van der Waals surface area contributed by atoms with Gasteiger partial charge >= 0.3 is 0 Å². The lowest BCUT2D eigenvalue weighted by molar-refractivity contribution is 0.0685. The smallest absolute Gasteiger partial charge is 0.255 e. The van der Waals surface area contributed by atoms with E-state index in [1.807, 2.05) is 23.1 Å². The fraction of sp³-hybridized carbons (Fsp3) is 0.562. The van der Waals surface area contributed by atoms with Crippen molar-refractivity contribution in [2.75, 3.05) is 20.2 Å². The Hall–Kier alpha value is -1.03. The van der Waals surface area contributed by atoms with Crippen molar-refractivity contribution in [3.05, 3.63) is 28.2 Å². The second-order valence-corrected chi connectivity index (χ2v) is 6.22. The van der Waals surface area contributed by atoms with Gasteiger partial charge in [0.05, 0.1) is 12.7 Å². The zero-order chi connectivity index (χ0) is 14.5. The Morgan fingerprint density at radius 1 is 1.40 bits per heavy atom. The van der Waals surface area contributed by atoms with E-state index >= 15 is 0 Å². The molecule has 1 aliphatic heterocycles. The van der Waals surface area contributed by atoms with E-state index in [1.54, 1.807) is 7.11 Å². The maximum absolute atomic E-state index is 12.6. The van der Waals surface area contributed by atoms with Crippen molar-refractivity contribution >= 4 is 21.8 Å². The number of hydrogen-bond donors (Lipinski definition) is 0. The summed E-state index contributed by atoms with van der Waals surface area (Å²) in [6, 6.07) is 5.54. The Morgan fingerprint density at radius 2 is 2.10 bits per heavy atom. The van der Waals surface area contributed by atoms with Gasteiger partial charge in [0.25, 0.3) is 5.91 Å². The Morgan fingerprint density at radius 3 is 2.70 bits per heavy atom. The summed E-state index contributed by atoms with van der Waals surface area (Å²) in [5.41, 5.74) is 0.693. The fourth-order valence-corrected chi connectivity index (χ4v) is 3.21. The molecule has 110 valence electrons. The van der Waals surface area contributed by atoms with Crippen LogP contribution in [0.2, 0.25) is 0 Å². The van der Waals surface area contributed by atoms with E-state index in [9.17, 15) is 4.79 Å². The molecular weight excluding hydrogens is 318 g/mol. The third-order valence-corrected chi connectivity index (χ3v) is 4.69. The molecule has 1 amide bonds. The minimum absolute atomic E-state index is 0.103. The Balaban J connectivity index is 2.05. The van der Waals surface area contributed by atoms with Gasteiger partial charge in [-0.25, -0.2) is 0 Å². The number of halogens is 1. The molecule has 0 unspecified atom stereocenters. The minimum atomic E-state index is 0.103. The molecule has 4 heteroatoms. The normalized spacial score (nSPS) is 16.2. The zero-order valence-corrected chi connectivity index (χ0v) is 13.8. The third kappa shape index (κ3) is 3.54. The fourth-order valence-electron chi connectivity index (χ4n) is 2.80. The van der Waals surface area contributed by atoms with Crippen LogP contribution in [-0.4, -0.2) is 31.0 Å². The maximum atomic E-state index is 12.6. The Labute approximate surface area is 129 Å². The summed E-state index contributed by atoms with van der Waals surface area (Å²) in [6.07, 6.45) is 4.77. The van der Waals surface area contributed by atoms with Crippen molar-refractivity contribution in [1.29, 1.82) is 0 Å². The van der Waals surface area contributed by atoms with Crippen LogP contribution in [0.25, 0.3) is 0 Å². The van der Waals surface area contributed by atoms with E-state index in [0.717, 1.165) is 42.1 Å². The van der Waals surface area contributed by atoms with Crippen LogP contribution in [0.3, 0.4) is 0 Å². The van der Waals surface area contributed by atoms with Crippen LogP contribution in [0.5, 0.6) is 5.75 Å². The van der Waals surface area contributed by atoms with E-state index in [0.29, 0.717) is 5.56 Å². The topological polar surface area (TPSA) is 29.5 Å². The molecule has 0 N–H and O–H groups in total. The number of amides is 1. The van der Waals surface area contributed by atoms with Crippen LogP contribution in [0, 0.1) is 5.92 Å². The highest BCUT2D eigenvalue weighted by Crippen LogP contribution is 2.27. The number of piperidine rings is 1. The predicted octanol–water partition coefficient (Wildman–Crippen LogP) is 4.11. The molecule has 1 aliphatic rings. The van der Waals surface area contributed by atoms with Gasteiger partial charge in [-0.05, 0) is 52.9 Å². The summed E-state index contributed by atoms with van der Waals surface area (Å²) in [6.45, 7) is 3.96. The Bertz CT molecular complexity index is 468. The first kappa shape index (κ1) is 15.4. The van der Waals surface area contributed by atoms with E-state index in [2.05, 4.69) is 22.9 Å². The number of rotatable bonds is 4. The highest BCUT2D eigenvalue weighted by Gasteiger charge is 2.24. The molecular formula is C16H22BrNO2. The van der Waals surface area contributed by atoms with Gasteiger partial charge in [0, 0.05) is 17.6 Å². The molecule has 0 aromatic heterocycles. The monoisotopic (exact) mass is 339 g/mol. The highest BCUT2D eigenvalue weighted by atomic mass is 79.9. The average Bonchev–Trinajstić information content (AvgIpc) is 2.48. The molecule has 3 nitrogen and oxygen atoms in total. The van der Waals surface area contributed by atoms with Gasteiger partial charge in [0.1, 0.15) is 5.75 Å². The van der Waals surface area contributed by atoms with Gasteiger partial charge in [0.15, 0.2) is 0 Å². The van der Waals surface area contributed by atoms with Crippen molar-refractivity contribution in [1.82, 2.24) is 4.90 Å². The quantitative estimate of drug-likeness (QED) is 0.826. The second-order valence-electron chi connectivity index (χ2n) is 5.37. The van der Waals surface area contributed by atoms with Crippen molar-refractivity contribution in [3.63, 3.8) is 0 Å². The van der Waals surface area contributed by atoms with E-state index < -0.39 is 0 Å². The molecule has 1 fully saturated rings. The van der Waals surface area contributed by atoms with Crippen molar-refractivity contribution in [3.8, 4) is 5.75 Å². The molecule has 0 spiro atoms. The van der Waals surface area contributed by atoms with Crippen molar-refractivity contribution in [2.24, 2.45) is 5.92 Å². The molecule has 1 aromatic rings. The number of methoxy groups -OCH3 is 1. The highest BCUT2D eigenvalue weighted by molar-refractivity contribution is 9.10. The lowest BCUT2D eigenvalue weighted by Crippen LogP contribution is -2.38. The molecule has 0 aliphatic carbocycles. The molecule has 20 heavy (non-hydrogen) atoms. The Kier molecular flexibility index (Phi) is 5.46. The molecule has 2 rings (SSSR count). The van der Waals surface area contributed by atoms with Gasteiger partial charge < -0.3 is 9.64 Å². The largest absolute Gasteiger partial charge is 0.497 e. The third-order valence-electron chi connectivity index (χ3n) is 4.00. The summed E-state index contributed by atoms with van der Waals surface area (Å²) >= 11 is 3.46. The van der Waals surface area contributed by atoms with Gasteiger partial charge in [-0.3, -0.25) is 4.79 Å². The van der Waals surface area contributed by atoms with Gasteiger partial charge in [-0.15, -0.1) is 0 Å². The number of ether oxygens (including phenoxy) is 1. The SMILES string of the molecule is CCCC1CCN(C(=O)c2cc(OC)ccc2Br)CC1. The average molecular weight is 340 g/mol. The summed E-state index contributed by atoms with van der Waals surface area (Å²) < 4.78 is 6.04. The summed E-state index contributed by atoms with van der Waals surface area (Å²) in [5, 5.41) is 0. The van der Waals surface area contributed by atoms with Crippen molar-refractivity contribution in [2.45, 2.75) is 32.6 Å². The number of benzene rings is 1. The molecule has 0 radical (unpaired) electrons. The number of likely N-dealkylation sites (tertiary alicyclic amines) is 1. The lowest BCUT2D eigenvalue weighted by Gasteiger charge is -2.32. The number of carbonyl (C=O) groups is 1. The molecule has 0 bridgehead atoms. The van der Waals surface area contributed by atoms with Crippen LogP contribution in [0.15, 0.2) is 22.7 Å². The molecule has 0 atom stereocenters. The van der Waals surface area contributed by atoms with Crippen LogP contribution in [0.4, 0.5) is 0 Å². The van der Waals surface area contributed by atoms with Crippen molar-refractivity contribution < 1.29 is 9.53 Å². The minimum Gasteiger partial charge on any atom is -0.497 e. The van der Waals surface area contributed by atoms with Crippen LogP contribution < -0.4 is 4.74 Å².